The molecule has 0 aliphatic carbocycles. The molecule has 30 heavy (non-hydrogen) atoms. The van der Waals surface area contributed by atoms with E-state index in [1.54, 1.807) is 17.9 Å². The molecule has 1 amide bonds. The highest BCUT2D eigenvalue weighted by molar-refractivity contribution is 6.04. The van der Waals surface area contributed by atoms with Crippen LogP contribution in [-0.2, 0) is 7.05 Å². The third-order valence-electron chi connectivity index (χ3n) is 4.98. The molecular weight excluding hydrogens is 396 g/mol. The first kappa shape index (κ1) is 20.0. The summed E-state index contributed by atoms with van der Waals surface area (Å²) in [4.78, 5) is 23.2. The molecule has 0 radical (unpaired) electrons. The first-order valence-electron chi connectivity index (χ1n) is 9.40. The molecule has 2 N–H and O–H groups in total. The first-order valence-corrected chi connectivity index (χ1v) is 9.40. The zero-order valence-corrected chi connectivity index (χ0v) is 16.5. The number of ether oxygens (including phenoxy) is 1. The van der Waals surface area contributed by atoms with Crippen molar-refractivity contribution < 1.29 is 18.3 Å². The van der Waals surface area contributed by atoms with E-state index < -0.39 is 12.5 Å². The number of carbonyl (C=O) groups is 1. The predicted octanol–water partition coefficient (Wildman–Crippen LogP) is 2.02. The number of alkyl halides is 2. The van der Waals surface area contributed by atoms with Crippen LogP contribution in [-0.4, -0.2) is 58.4 Å². The number of nitrogens with one attached hydrogen (secondary N) is 2. The van der Waals surface area contributed by atoms with Gasteiger partial charge in [-0.1, -0.05) is 0 Å². The van der Waals surface area contributed by atoms with Crippen molar-refractivity contribution in [2.75, 3.05) is 30.4 Å². The van der Waals surface area contributed by atoms with E-state index in [1.807, 2.05) is 7.05 Å². The Morgan fingerprint density at radius 1 is 1.30 bits per heavy atom. The number of aryl methyl sites for hydroxylation is 1. The minimum Gasteiger partial charge on any atom is -0.433 e. The largest absolute Gasteiger partial charge is 0.433 e. The van der Waals surface area contributed by atoms with Crippen LogP contribution in [0.5, 0.6) is 5.75 Å². The monoisotopic (exact) mass is 417 g/mol. The van der Waals surface area contributed by atoms with Crippen molar-refractivity contribution >= 4 is 28.3 Å². The summed E-state index contributed by atoms with van der Waals surface area (Å²) in [5, 5.41) is 10.6. The molecule has 0 spiro atoms. The van der Waals surface area contributed by atoms with E-state index in [0.29, 0.717) is 22.8 Å². The Hall–Kier alpha value is -3.34. The van der Waals surface area contributed by atoms with Gasteiger partial charge in [0.1, 0.15) is 11.5 Å². The first-order chi connectivity index (χ1) is 14.4. The van der Waals surface area contributed by atoms with Crippen molar-refractivity contribution in [3.63, 3.8) is 0 Å². The molecule has 158 valence electrons. The number of fused-ring (bicyclic) bond motifs is 1. The number of nitrogens with zero attached hydrogens (tertiary/aromatic N) is 5. The van der Waals surface area contributed by atoms with E-state index in [2.05, 4.69) is 35.3 Å². The number of amides is 1. The summed E-state index contributed by atoms with van der Waals surface area (Å²) in [6.07, 6.45) is 5.62. The lowest BCUT2D eigenvalue weighted by molar-refractivity contribution is -0.0492. The molecule has 1 aliphatic rings. The Labute approximate surface area is 171 Å². The Morgan fingerprint density at radius 2 is 2.13 bits per heavy atom. The second-order valence-electron chi connectivity index (χ2n) is 7.02. The number of aromatic nitrogens is 4. The highest BCUT2D eigenvalue weighted by Crippen LogP contribution is 2.31. The second-order valence-corrected chi connectivity index (χ2v) is 7.02. The van der Waals surface area contributed by atoms with Gasteiger partial charge in [0.05, 0.1) is 23.6 Å². The van der Waals surface area contributed by atoms with E-state index in [-0.39, 0.29) is 17.1 Å². The summed E-state index contributed by atoms with van der Waals surface area (Å²) in [7, 11) is 3.63. The molecule has 1 atom stereocenters. The van der Waals surface area contributed by atoms with Crippen LogP contribution in [0.4, 0.5) is 20.3 Å². The van der Waals surface area contributed by atoms with Gasteiger partial charge in [-0.15, -0.1) is 0 Å². The minimum atomic E-state index is -3.04. The lowest BCUT2D eigenvalue weighted by Crippen LogP contribution is -2.30. The van der Waals surface area contributed by atoms with Crippen LogP contribution in [0.15, 0.2) is 30.7 Å². The zero-order chi connectivity index (χ0) is 21.3. The third kappa shape index (κ3) is 4.15. The number of hydrogen-bond donors (Lipinski definition) is 2. The minimum absolute atomic E-state index is 0.0670. The topological polar surface area (TPSA) is 97.2 Å². The number of anilines is 2. The highest BCUT2D eigenvalue weighted by atomic mass is 19.3. The molecule has 0 bridgehead atoms. The molecule has 2 aromatic heterocycles. The van der Waals surface area contributed by atoms with Crippen molar-refractivity contribution in [3.05, 3.63) is 36.4 Å². The van der Waals surface area contributed by atoms with Gasteiger partial charge in [-0.3, -0.25) is 9.48 Å². The quantitative estimate of drug-likeness (QED) is 0.633. The third-order valence-corrected chi connectivity index (χ3v) is 4.98. The zero-order valence-electron chi connectivity index (χ0n) is 16.5. The molecule has 1 fully saturated rings. The molecule has 3 aromatic rings. The van der Waals surface area contributed by atoms with Gasteiger partial charge in [0.25, 0.3) is 5.91 Å². The number of halogens is 2. The van der Waals surface area contributed by atoms with Gasteiger partial charge in [0.2, 0.25) is 0 Å². The predicted molar refractivity (Wildman–Crippen MR) is 107 cm³/mol. The molecule has 0 saturated carbocycles. The fourth-order valence-electron chi connectivity index (χ4n) is 3.46. The summed E-state index contributed by atoms with van der Waals surface area (Å²) >= 11 is 0. The van der Waals surface area contributed by atoms with Crippen LogP contribution < -0.4 is 20.3 Å². The number of likely N-dealkylation sites (N-methyl/N-ethyl adjacent to an activating group) is 1. The standard InChI is InChI=1S/C19H21F2N7O2/c1-22-12-3-4-28(10-12)17-8-23-15(7-24-17)18(29)25-14-5-11-9-27(2)26-13(11)6-16(14)30-19(20)21/h5-9,12,19,22H,3-4,10H2,1-2H3,(H,25,29)/t12-/m1/s1. The fraction of sp³-hybridized carbons (Fsp3) is 0.368. The molecule has 4 rings (SSSR count). The van der Waals surface area contributed by atoms with E-state index in [0.717, 1.165) is 19.5 Å². The van der Waals surface area contributed by atoms with E-state index in [4.69, 9.17) is 0 Å². The molecule has 1 aliphatic heterocycles. The Bertz CT molecular complexity index is 1050. The van der Waals surface area contributed by atoms with Crippen LogP contribution in [0.1, 0.15) is 16.9 Å². The molecular formula is C19H21F2N7O2. The summed E-state index contributed by atoms with van der Waals surface area (Å²) < 4.78 is 31.7. The van der Waals surface area contributed by atoms with Crippen molar-refractivity contribution in [2.24, 2.45) is 7.05 Å². The lowest BCUT2D eigenvalue weighted by Gasteiger charge is -2.17. The van der Waals surface area contributed by atoms with Gasteiger partial charge in [-0.25, -0.2) is 9.97 Å². The molecule has 1 aromatic carbocycles. The van der Waals surface area contributed by atoms with Crippen molar-refractivity contribution in [1.82, 2.24) is 25.1 Å². The van der Waals surface area contributed by atoms with Crippen molar-refractivity contribution in [3.8, 4) is 5.75 Å². The molecule has 3 heterocycles. The van der Waals surface area contributed by atoms with Crippen LogP contribution >= 0.6 is 0 Å². The Kier molecular flexibility index (Phi) is 5.44. The number of rotatable bonds is 6. The maximum Gasteiger partial charge on any atom is 0.387 e. The Balaban J connectivity index is 1.53. The summed E-state index contributed by atoms with van der Waals surface area (Å²) in [5.74, 6) is -0.0713. The number of carbonyl (C=O) groups excluding carboxylic acids is 1. The molecule has 11 heteroatoms. The lowest BCUT2D eigenvalue weighted by atomic mass is 10.2. The summed E-state index contributed by atoms with van der Waals surface area (Å²) in [5.41, 5.74) is 0.640. The van der Waals surface area contributed by atoms with Gasteiger partial charge in [-0.2, -0.15) is 13.9 Å². The van der Waals surface area contributed by atoms with Crippen LogP contribution in [0.25, 0.3) is 10.9 Å². The van der Waals surface area contributed by atoms with Gasteiger partial charge in [-0.05, 0) is 19.5 Å². The number of hydrogen-bond acceptors (Lipinski definition) is 7. The van der Waals surface area contributed by atoms with E-state index >= 15 is 0 Å². The maximum atomic E-state index is 12.8. The van der Waals surface area contributed by atoms with Gasteiger partial charge >= 0.3 is 6.61 Å². The van der Waals surface area contributed by atoms with Crippen LogP contribution in [0, 0.1) is 0 Å². The summed E-state index contributed by atoms with van der Waals surface area (Å²) in [6, 6.07) is 3.28. The molecule has 9 nitrogen and oxygen atoms in total. The smallest absolute Gasteiger partial charge is 0.387 e. The normalized spacial score (nSPS) is 16.4. The van der Waals surface area contributed by atoms with Gasteiger partial charge < -0.3 is 20.3 Å². The highest BCUT2D eigenvalue weighted by Gasteiger charge is 2.23. The number of benzene rings is 1. The second kappa shape index (κ2) is 8.19. The fourth-order valence-corrected chi connectivity index (χ4v) is 3.46. The average molecular weight is 417 g/mol. The van der Waals surface area contributed by atoms with Gasteiger partial charge in [0.15, 0.2) is 5.75 Å². The van der Waals surface area contributed by atoms with Crippen LogP contribution in [0.3, 0.4) is 0 Å². The molecule has 0 unspecified atom stereocenters. The van der Waals surface area contributed by atoms with Crippen molar-refractivity contribution in [1.29, 1.82) is 0 Å². The molecule has 1 saturated heterocycles. The summed E-state index contributed by atoms with van der Waals surface area (Å²) in [6.45, 7) is -1.37. The van der Waals surface area contributed by atoms with Crippen molar-refractivity contribution in [2.45, 2.75) is 19.1 Å². The SMILES string of the molecule is CN[C@@H]1CCN(c2cnc(C(=O)Nc3cc4cn(C)nc4cc3OC(F)F)cn2)C1. The van der Waals surface area contributed by atoms with Crippen LogP contribution in [0.2, 0.25) is 0 Å². The average Bonchev–Trinajstić information content (AvgIpc) is 3.33. The maximum absolute atomic E-state index is 12.8. The van der Waals surface area contributed by atoms with Gasteiger partial charge in [0, 0.05) is 43.8 Å². The van der Waals surface area contributed by atoms with E-state index in [9.17, 15) is 13.6 Å². The Morgan fingerprint density at radius 3 is 2.80 bits per heavy atom. The van der Waals surface area contributed by atoms with E-state index in [1.165, 1.54) is 24.5 Å².